The van der Waals surface area contributed by atoms with Gasteiger partial charge in [0.05, 0.1) is 16.2 Å². The average molecular weight is 366 g/mol. The van der Waals surface area contributed by atoms with Gasteiger partial charge in [0.25, 0.3) is 0 Å². The van der Waals surface area contributed by atoms with Crippen molar-refractivity contribution in [3.63, 3.8) is 0 Å². The molecule has 3 rings (SSSR count). The lowest BCUT2D eigenvalue weighted by molar-refractivity contribution is -0.384. The van der Waals surface area contributed by atoms with Crippen LogP contribution in [0.5, 0.6) is 0 Å². The maximum Gasteiger partial charge on any atom is 0.311 e. The quantitative estimate of drug-likeness (QED) is 0.474. The first-order valence-corrected chi connectivity index (χ1v) is 8.52. The molecule has 1 aliphatic heterocycles. The Balaban J connectivity index is 1.66. The van der Waals surface area contributed by atoms with E-state index in [1.165, 1.54) is 12.1 Å². The number of allylic oxidation sites excluding steroid dienone is 1. The second-order valence-electron chi connectivity index (χ2n) is 6.26. The van der Waals surface area contributed by atoms with E-state index in [4.69, 9.17) is 0 Å². The summed E-state index contributed by atoms with van der Waals surface area (Å²) in [5, 5.41) is 11.2. The zero-order valence-electron chi connectivity index (χ0n) is 15.0. The number of pyridine rings is 1. The number of hydrogen-bond donors (Lipinski definition) is 0. The highest BCUT2D eigenvalue weighted by Crippen LogP contribution is 2.26. The molecule has 1 aliphatic rings. The van der Waals surface area contributed by atoms with E-state index >= 15 is 0 Å². The normalized spacial score (nSPS) is 13.7. The molecule has 0 spiro atoms. The number of anilines is 1. The van der Waals surface area contributed by atoms with Crippen molar-refractivity contribution in [1.29, 1.82) is 0 Å². The maximum absolute atomic E-state index is 13.8. The van der Waals surface area contributed by atoms with Crippen LogP contribution in [-0.2, 0) is 0 Å². The van der Waals surface area contributed by atoms with E-state index in [2.05, 4.69) is 23.4 Å². The van der Waals surface area contributed by atoms with Gasteiger partial charge in [-0.15, -0.1) is 0 Å². The Labute approximate surface area is 157 Å². The first-order valence-electron chi connectivity index (χ1n) is 8.52. The van der Waals surface area contributed by atoms with Crippen molar-refractivity contribution in [3.8, 4) is 11.8 Å². The summed E-state index contributed by atoms with van der Waals surface area (Å²) in [6, 6.07) is 7.81. The van der Waals surface area contributed by atoms with Crippen LogP contribution in [0.1, 0.15) is 11.1 Å². The van der Waals surface area contributed by atoms with Crippen molar-refractivity contribution >= 4 is 11.5 Å². The van der Waals surface area contributed by atoms with Gasteiger partial charge in [0, 0.05) is 38.4 Å². The number of benzene rings is 1. The van der Waals surface area contributed by atoms with Gasteiger partial charge in [-0.25, -0.2) is 9.37 Å². The number of nitro groups is 1. The minimum absolute atomic E-state index is 0.000471. The number of aryl methyl sites for hydroxylation is 1. The highest BCUT2D eigenvalue weighted by Gasteiger charge is 2.24. The zero-order valence-corrected chi connectivity index (χ0v) is 15.0. The maximum atomic E-state index is 13.8. The predicted molar refractivity (Wildman–Crippen MR) is 102 cm³/mol. The lowest BCUT2D eigenvalue weighted by Gasteiger charge is -2.35. The monoisotopic (exact) mass is 366 g/mol. The molecule has 0 saturated carbocycles. The third-order valence-corrected chi connectivity index (χ3v) is 4.39. The standard InChI is InChI=1S/C20H19FN4O2/c1-15-5-8-18(21)17(14-15)7-6-16(2)23-10-12-24(13-11-23)20-19(25(26)27)4-3-9-22-20/h3-5,8-9,14H,2,10-13H2,1H3. The van der Waals surface area contributed by atoms with Gasteiger partial charge in [-0.05, 0) is 36.6 Å². The molecule has 1 fully saturated rings. The average Bonchev–Trinajstić information content (AvgIpc) is 2.68. The molecule has 0 amide bonds. The van der Waals surface area contributed by atoms with Gasteiger partial charge < -0.3 is 9.80 Å². The van der Waals surface area contributed by atoms with Crippen LogP contribution < -0.4 is 4.90 Å². The third-order valence-electron chi connectivity index (χ3n) is 4.39. The molecule has 0 unspecified atom stereocenters. The summed E-state index contributed by atoms with van der Waals surface area (Å²) in [7, 11) is 0. The van der Waals surface area contributed by atoms with E-state index in [1.807, 2.05) is 16.7 Å². The van der Waals surface area contributed by atoms with Crippen molar-refractivity contribution in [2.24, 2.45) is 0 Å². The Kier molecular flexibility index (Phi) is 5.36. The van der Waals surface area contributed by atoms with Crippen molar-refractivity contribution in [2.45, 2.75) is 6.92 Å². The SMILES string of the molecule is C=C(C#Cc1cc(C)ccc1F)N1CCN(c2ncccc2[N+](=O)[O-])CC1. The molecule has 1 aromatic carbocycles. The van der Waals surface area contributed by atoms with Crippen molar-refractivity contribution in [3.05, 3.63) is 75.9 Å². The fraction of sp³-hybridized carbons (Fsp3) is 0.250. The number of piperazine rings is 1. The molecule has 0 bridgehead atoms. The van der Waals surface area contributed by atoms with E-state index < -0.39 is 4.92 Å². The van der Waals surface area contributed by atoms with E-state index in [1.54, 1.807) is 24.4 Å². The van der Waals surface area contributed by atoms with Gasteiger partial charge in [-0.2, -0.15) is 0 Å². The number of nitrogens with zero attached hydrogens (tertiary/aromatic N) is 4. The molecule has 2 aromatic rings. The molecule has 138 valence electrons. The Bertz CT molecular complexity index is 940. The van der Waals surface area contributed by atoms with Gasteiger partial charge in [0.15, 0.2) is 0 Å². The highest BCUT2D eigenvalue weighted by molar-refractivity contribution is 5.57. The molecule has 2 heterocycles. The summed E-state index contributed by atoms with van der Waals surface area (Å²) in [5.74, 6) is 5.78. The molecule has 0 aliphatic carbocycles. The van der Waals surface area contributed by atoms with E-state index in [9.17, 15) is 14.5 Å². The Morgan fingerprint density at radius 3 is 2.74 bits per heavy atom. The fourth-order valence-electron chi connectivity index (χ4n) is 2.92. The van der Waals surface area contributed by atoms with Crippen LogP contribution in [0.15, 0.2) is 48.8 Å². The molecule has 0 radical (unpaired) electrons. The fourth-order valence-corrected chi connectivity index (χ4v) is 2.92. The predicted octanol–water partition coefficient (Wildman–Crippen LogP) is 3.12. The minimum atomic E-state index is -0.421. The zero-order chi connectivity index (χ0) is 19.4. The Hall–Kier alpha value is -3.40. The van der Waals surface area contributed by atoms with Crippen LogP contribution >= 0.6 is 0 Å². The van der Waals surface area contributed by atoms with Crippen molar-refractivity contribution in [1.82, 2.24) is 9.88 Å². The van der Waals surface area contributed by atoms with Crippen LogP contribution in [0.4, 0.5) is 15.9 Å². The number of aromatic nitrogens is 1. The summed E-state index contributed by atoms with van der Waals surface area (Å²) >= 11 is 0. The van der Waals surface area contributed by atoms with E-state index in [-0.39, 0.29) is 11.5 Å². The van der Waals surface area contributed by atoms with E-state index in [0.717, 1.165) is 5.56 Å². The van der Waals surface area contributed by atoms with Crippen LogP contribution in [-0.4, -0.2) is 41.0 Å². The third kappa shape index (κ3) is 4.23. The van der Waals surface area contributed by atoms with E-state index in [0.29, 0.717) is 43.3 Å². The van der Waals surface area contributed by atoms with Crippen LogP contribution in [0.25, 0.3) is 0 Å². The van der Waals surface area contributed by atoms with Gasteiger partial charge in [0.2, 0.25) is 5.82 Å². The van der Waals surface area contributed by atoms with Gasteiger partial charge in [-0.1, -0.05) is 18.6 Å². The lowest BCUT2D eigenvalue weighted by Crippen LogP contribution is -2.46. The summed E-state index contributed by atoms with van der Waals surface area (Å²) in [4.78, 5) is 18.8. The summed E-state index contributed by atoms with van der Waals surface area (Å²) in [6.45, 7) is 8.21. The minimum Gasteiger partial charge on any atom is -0.362 e. The summed E-state index contributed by atoms with van der Waals surface area (Å²) in [6.07, 6.45) is 1.55. The Morgan fingerprint density at radius 1 is 1.30 bits per heavy atom. The molecule has 1 aromatic heterocycles. The second kappa shape index (κ2) is 7.87. The molecular formula is C20H19FN4O2. The summed E-state index contributed by atoms with van der Waals surface area (Å²) < 4.78 is 13.8. The summed E-state index contributed by atoms with van der Waals surface area (Å²) in [5.41, 5.74) is 1.89. The molecule has 27 heavy (non-hydrogen) atoms. The van der Waals surface area contributed by atoms with Crippen LogP contribution in [0.2, 0.25) is 0 Å². The second-order valence-corrected chi connectivity index (χ2v) is 6.26. The first kappa shape index (κ1) is 18.4. The number of halogens is 1. The van der Waals surface area contributed by atoms with Crippen molar-refractivity contribution < 1.29 is 9.31 Å². The first-order chi connectivity index (χ1) is 13.0. The highest BCUT2D eigenvalue weighted by atomic mass is 19.1. The topological polar surface area (TPSA) is 62.5 Å². The number of rotatable bonds is 3. The molecular weight excluding hydrogens is 347 g/mol. The van der Waals surface area contributed by atoms with Gasteiger partial charge in [-0.3, -0.25) is 10.1 Å². The smallest absolute Gasteiger partial charge is 0.311 e. The Morgan fingerprint density at radius 2 is 2.04 bits per heavy atom. The lowest BCUT2D eigenvalue weighted by atomic mass is 10.1. The molecule has 7 heteroatoms. The van der Waals surface area contributed by atoms with Crippen molar-refractivity contribution in [2.75, 3.05) is 31.1 Å². The largest absolute Gasteiger partial charge is 0.362 e. The van der Waals surface area contributed by atoms with Crippen LogP contribution in [0.3, 0.4) is 0 Å². The van der Waals surface area contributed by atoms with Crippen LogP contribution in [0, 0.1) is 34.7 Å². The van der Waals surface area contributed by atoms with Gasteiger partial charge >= 0.3 is 5.69 Å². The molecule has 0 atom stereocenters. The van der Waals surface area contributed by atoms with Gasteiger partial charge in [0.1, 0.15) is 5.82 Å². The molecule has 0 N–H and O–H groups in total. The number of hydrogen-bond acceptors (Lipinski definition) is 5. The molecule has 6 nitrogen and oxygen atoms in total. The molecule has 1 saturated heterocycles.